The third-order valence-electron chi connectivity index (χ3n) is 5.91. The lowest BCUT2D eigenvalue weighted by Gasteiger charge is -2.31. The van der Waals surface area contributed by atoms with Crippen molar-refractivity contribution in [2.75, 3.05) is 39.0 Å². The van der Waals surface area contributed by atoms with Gasteiger partial charge in [0.2, 0.25) is 15.9 Å². The minimum absolute atomic E-state index is 0.134. The number of hydrogen-bond donors (Lipinski definition) is 2. The van der Waals surface area contributed by atoms with Crippen molar-refractivity contribution in [3.8, 4) is 0 Å². The van der Waals surface area contributed by atoms with Gasteiger partial charge >= 0.3 is 0 Å². The zero-order valence-corrected chi connectivity index (χ0v) is 18.7. The maximum Gasteiger partial charge on any atom is 0.242 e. The number of carbonyl (C=O) groups is 1. The standard InChI is InChI=1S/C23H28N4O3S/c1-26(2)31(29,30)19-7-5-6-18(14-19)25-23(28)16-27-12-10-17(11-13-27)21-15-24-22-9-4-3-8-20(21)22/h3-9,14-15,17,24H,10-13,16H2,1-2H3,(H,25,28). The molecule has 4 rings (SSSR count). The van der Waals surface area contributed by atoms with Gasteiger partial charge < -0.3 is 10.3 Å². The van der Waals surface area contributed by atoms with Crippen LogP contribution < -0.4 is 5.32 Å². The highest BCUT2D eigenvalue weighted by molar-refractivity contribution is 7.89. The summed E-state index contributed by atoms with van der Waals surface area (Å²) in [6, 6.07) is 14.7. The predicted molar refractivity (Wildman–Crippen MR) is 123 cm³/mol. The molecule has 2 heterocycles. The van der Waals surface area contributed by atoms with Crippen molar-refractivity contribution in [2.45, 2.75) is 23.7 Å². The number of benzene rings is 2. The van der Waals surface area contributed by atoms with E-state index in [2.05, 4.69) is 39.6 Å². The minimum Gasteiger partial charge on any atom is -0.361 e. The highest BCUT2D eigenvalue weighted by Crippen LogP contribution is 2.33. The smallest absolute Gasteiger partial charge is 0.242 e. The molecule has 0 aliphatic carbocycles. The fraction of sp³-hybridized carbons (Fsp3) is 0.348. The summed E-state index contributed by atoms with van der Waals surface area (Å²) in [6.45, 7) is 2.00. The van der Waals surface area contributed by atoms with E-state index in [9.17, 15) is 13.2 Å². The number of amides is 1. The molecule has 1 amide bonds. The number of aromatic nitrogens is 1. The lowest BCUT2D eigenvalue weighted by Crippen LogP contribution is -2.38. The van der Waals surface area contributed by atoms with E-state index < -0.39 is 10.0 Å². The number of fused-ring (bicyclic) bond motifs is 1. The quantitative estimate of drug-likeness (QED) is 0.616. The fourth-order valence-electron chi connectivity index (χ4n) is 4.18. The summed E-state index contributed by atoms with van der Waals surface area (Å²) in [5.41, 5.74) is 3.01. The normalized spacial score (nSPS) is 16.1. The van der Waals surface area contributed by atoms with Crippen LogP contribution in [-0.4, -0.2) is 62.2 Å². The van der Waals surface area contributed by atoms with Crippen LogP contribution in [0.3, 0.4) is 0 Å². The van der Waals surface area contributed by atoms with Crippen molar-refractivity contribution in [1.82, 2.24) is 14.2 Å². The topological polar surface area (TPSA) is 85.5 Å². The average molecular weight is 441 g/mol. The molecule has 1 aromatic heterocycles. The van der Waals surface area contributed by atoms with Crippen LogP contribution in [0.5, 0.6) is 0 Å². The summed E-state index contributed by atoms with van der Waals surface area (Å²) in [5.74, 6) is 0.355. The summed E-state index contributed by atoms with van der Waals surface area (Å²) in [6.07, 6.45) is 4.13. The van der Waals surface area contributed by atoms with Crippen LogP contribution in [0.15, 0.2) is 59.6 Å². The fourth-order valence-corrected chi connectivity index (χ4v) is 5.13. The Balaban J connectivity index is 1.34. The second-order valence-corrected chi connectivity index (χ2v) is 10.4. The first kappa shape index (κ1) is 21.5. The van der Waals surface area contributed by atoms with E-state index >= 15 is 0 Å². The van der Waals surface area contributed by atoms with Crippen LogP contribution in [0.4, 0.5) is 5.69 Å². The van der Waals surface area contributed by atoms with Gasteiger partial charge in [-0.1, -0.05) is 24.3 Å². The second kappa shape index (κ2) is 8.82. The lowest BCUT2D eigenvalue weighted by atomic mass is 9.89. The highest BCUT2D eigenvalue weighted by Gasteiger charge is 2.24. The van der Waals surface area contributed by atoms with E-state index in [1.165, 1.54) is 37.2 Å². The molecule has 0 atom stereocenters. The molecule has 3 aromatic rings. The number of rotatable bonds is 6. The molecule has 1 saturated heterocycles. The van der Waals surface area contributed by atoms with Gasteiger partial charge in [0.15, 0.2) is 0 Å². The number of piperidine rings is 1. The van der Waals surface area contributed by atoms with Gasteiger partial charge in [-0.15, -0.1) is 0 Å². The maximum atomic E-state index is 12.5. The Hall–Kier alpha value is -2.68. The molecular formula is C23H28N4O3S. The molecule has 1 aliphatic rings. The van der Waals surface area contributed by atoms with Crippen LogP contribution >= 0.6 is 0 Å². The third kappa shape index (κ3) is 4.66. The monoisotopic (exact) mass is 440 g/mol. The largest absolute Gasteiger partial charge is 0.361 e. The lowest BCUT2D eigenvalue weighted by molar-refractivity contribution is -0.117. The van der Waals surface area contributed by atoms with Crippen molar-refractivity contribution in [3.05, 3.63) is 60.3 Å². The first-order valence-electron chi connectivity index (χ1n) is 10.5. The Morgan fingerprint density at radius 2 is 1.87 bits per heavy atom. The van der Waals surface area contributed by atoms with Crippen LogP contribution in [-0.2, 0) is 14.8 Å². The zero-order chi connectivity index (χ0) is 22.0. The second-order valence-electron chi connectivity index (χ2n) is 8.20. The van der Waals surface area contributed by atoms with E-state index in [-0.39, 0.29) is 10.8 Å². The number of para-hydroxylation sites is 1. The van der Waals surface area contributed by atoms with E-state index in [1.807, 2.05) is 6.07 Å². The van der Waals surface area contributed by atoms with Gasteiger partial charge in [0, 0.05) is 36.9 Å². The molecule has 2 aromatic carbocycles. The molecular weight excluding hydrogens is 412 g/mol. The number of likely N-dealkylation sites (tertiary alicyclic amines) is 1. The Morgan fingerprint density at radius 1 is 1.13 bits per heavy atom. The van der Waals surface area contributed by atoms with Crippen molar-refractivity contribution in [2.24, 2.45) is 0 Å². The zero-order valence-electron chi connectivity index (χ0n) is 17.8. The Morgan fingerprint density at radius 3 is 2.61 bits per heavy atom. The van der Waals surface area contributed by atoms with Gasteiger partial charge in [-0.05, 0) is 61.7 Å². The number of nitrogens with zero attached hydrogens (tertiary/aromatic N) is 2. The summed E-state index contributed by atoms with van der Waals surface area (Å²) in [5, 5.41) is 4.12. The van der Waals surface area contributed by atoms with E-state index in [0.29, 0.717) is 18.2 Å². The molecule has 0 spiro atoms. The third-order valence-corrected chi connectivity index (χ3v) is 7.72. The Kier molecular flexibility index (Phi) is 6.13. The summed E-state index contributed by atoms with van der Waals surface area (Å²) in [7, 11) is -0.564. The molecule has 31 heavy (non-hydrogen) atoms. The van der Waals surface area contributed by atoms with Gasteiger partial charge in [0.25, 0.3) is 0 Å². The van der Waals surface area contributed by atoms with Gasteiger partial charge in [0.05, 0.1) is 11.4 Å². The molecule has 0 unspecified atom stereocenters. The van der Waals surface area contributed by atoms with Crippen LogP contribution in [0.25, 0.3) is 10.9 Å². The minimum atomic E-state index is -3.54. The molecule has 0 radical (unpaired) electrons. The van der Waals surface area contributed by atoms with E-state index in [1.54, 1.807) is 12.1 Å². The summed E-state index contributed by atoms with van der Waals surface area (Å²) in [4.78, 5) is 18.2. The molecule has 7 nitrogen and oxygen atoms in total. The van der Waals surface area contributed by atoms with Gasteiger partial charge in [-0.3, -0.25) is 9.69 Å². The molecule has 2 N–H and O–H groups in total. The van der Waals surface area contributed by atoms with Gasteiger partial charge in [-0.25, -0.2) is 12.7 Å². The molecule has 8 heteroatoms. The first-order valence-corrected chi connectivity index (χ1v) is 11.9. The van der Waals surface area contributed by atoms with E-state index in [4.69, 9.17) is 0 Å². The summed E-state index contributed by atoms with van der Waals surface area (Å²) < 4.78 is 25.8. The molecule has 0 saturated carbocycles. The molecule has 164 valence electrons. The van der Waals surface area contributed by atoms with Crippen molar-refractivity contribution >= 4 is 32.5 Å². The Labute approximate surface area is 183 Å². The number of anilines is 1. The maximum absolute atomic E-state index is 12.5. The average Bonchev–Trinajstić information content (AvgIpc) is 3.18. The molecule has 0 bridgehead atoms. The number of H-pyrrole nitrogens is 1. The van der Waals surface area contributed by atoms with Crippen molar-refractivity contribution in [1.29, 1.82) is 0 Å². The van der Waals surface area contributed by atoms with Gasteiger partial charge in [-0.2, -0.15) is 0 Å². The van der Waals surface area contributed by atoms with Crippen LogP contribution in [0.1, 0.15) is 24.3 Å². The summed E-state index contributed by atoms with van der Waals surface area (Å²) >= 11 is 0. The Bertz CT molecular complexity index is 1180. The number of aromatic amines is 1. The van der Waals surface area contributed by atoms with Gasteiger partial charge in [0.1, 0.15) is 0 Å². The van der Waals surface area contributed by atoms with Crippen molar-refractivity contribution < 1.29 is 13.2 Å². The first-order chi connectivity index (χ1) is 14.8. The van der Waals surface area contributed by atoms with Crippen molar-refractivity contribution in [3.63, 3.8) is 0 Å². The molecule has 1 aliphatic heterocycles. The van der Waals surface area contributed by atoms with Crippen LogP contribution in [0, 0.1) is 0 Å². The number of nitrogens with one attached hydrogen (secondary N) is 2. The number of sulfonamides is 1. The predicted octanol–water partition coefficient (Wildman–Crippen LogP) is 3.24. The molecule has 1 fully saturated rings. The number of hydrogen-bond acceptors (Lipinski definition) is 4. The SMILES string of the molecule is CN(C)S(=O)(=O)c1cccc(NC(=O)CN2CCC(c3c[nH]c4ccccc34)CC2)c1. The number of carbonyl (C=O) groups excluding carboxylic acids is 1. The van der Waals surface area contributed by atoms with Crippen LogP contribution in [0.2, 0.25) is 0 Å². The van der Waals surface area contributed by atoms with E-state index in [0.717, 1.165) is 35.8 Å². The highest BCUT2D eigenvalue weighted by atomic mass is 32.2.